The number of nitriles is 1. The van der Waals surface area contributed by atoms with Crippen LogP contribution in [0.3, 0.4) is 0 Å². The zero-order chi connectivity index (χ0) is 29.9. The van der Waals surface area contributed by atoms with Gasteiger partial charge in [-0.25, -0.2) is 9.79 Å². The lowest BCUT2D eigenvalue weighted by atomic mass is 10.1. The van der Waals surface area contributed by atoms with Gasteiger partial charge < -0.3 is 35.2 Å². The van der Waals surface area contributed by atoms with Crippen molar-refractivity contribution >= 4 is 53.5 Å². The van der Waals surface area contributed by atoms with Gasteiger partial charge in [0.05, 0.1) is 35.4 Å². The van der Waals surface area contributed by atoms with E-state index in [1.807, 2.05) is 0 Å². The number of hydrogen-bond acceptors (Lipinski definition) is 8. The number of nitrogens with zero attached hydrogens (tertiary/aromatic N) is 3. The van der Waals surface area contributed by atoms with E-state index in [1.165, 1.54) is 29.2 Å². The number of nitrogens with one attached hydrogen (secondary N) is 2. The maximum absolute atomic E-state index is 13.2. The van der Waals surface area contributed by atoms with Crippen molar-refractivity contribution in [2.75, 3.05) is 45.7 Å². The highest BCUT2D eigenvalue weighted by Crippen LogP contribution is 2.41. The van der Waals surface area contributed by atoms with Crippen molar-refractivity contribution in [2.45, 2.75) is 12.5 Å². The first kappa shape index (κ1) is 32.9. The first-order valence-electron chi connectivity index (χ1n) is 12.0. The molecule has 6 N–H and O–H groups in total. The highest BCUT2D eigenvalue weighted by molar-refractivity contribution is 7.70. The van der Waals surface area contributed by atoms with Gasteiger partial charge in [0.2, 0.25) is 5.96 Å². The molecule has 0 spiro atoms. The fourth-order valence-corrected chi connectivity index (χ4v) is 6.13. The number of halogens is 2. The SMILES string of the molecule is CP(=O)(CCc1cc(Cl)c(C(=O)NC(CN=C(NC#N)N(CCO)CCO)C(=O)O)c(Cl)c1)c1cccc(O)c1. The molecule has 2 aromatic rings. The van der Waals surface area contributed by atoms with E-state index in [-0.39, 0.29) is 59.8 Å². The van der Waals surface area contributed by atoms with Gasteiger partial charge in [-0.3, -0.25) is 10.1 Å². The summed E-state index contributed by atoms with van der Waals surface area (Å²) in [5, 5.41) is 51.7. The second-order valence-electron chi connectivity index (χ2n) is 8.73. The van der Waals surface area contributed by atoms with Crippen molar-refractivity contribution in [3.05, 3.63) is 57.6 Å². The predicted octanol–water partition coefficient (Wildman–Crippen LogP) is 1.46. The molecule has 2 aromatic carbocycles. The number of aliphatic imine (C=N–C) groups is 1. The Morgan fingerprint density at radius 2 is 1.77 bits per heavy atom. The van der Waals surface area contributed by atoms with E-state index in [9.17, 15) is 34.6 Å². The van der Waals surface area contributed by atoms with Crippen molar-refractivity contribution in [3.63, 3.8) is 0 Å². The zero-order valence-corrected chi connectivity index (χ0v) is 24.0. The monoisotopic (exact) mass is 613 g/mol. The Kier molecular flexibility index (Phi) is 12.7. The summed E-state index contributed by atoms with van der Waals surface area (Å²) in [4.78, 5) is 30.2. The number of hydrogen-bond donors (Lipinski definition) is 6. The Balaban J connectivity index is 2.19. The number of aromatic hydroxyl groups is 1. The number of aliphatic hydroxyl groups is 2. The number of carboxylic acid groups (broad SMARTS) is 1. The van der Waals surface area contributed by atoms with Crippen LogP contribution in [0.1, 0.15) is 15.9 Å². The number of amides is 1. The Bertz CT molecular complexity index is 1310. The molecule has 0 heterocycles. The molecular weight excluding hydrogens is 584 g/mol. The van der Waals surface area contributed by atoms with Gasteiger partial charge in [0, 0.05) is 24.6 Å². The van der Waals surface area contributed by atoms with Gasteiger partial charge in [-0.2, -0.15) is 5.26 Å². The summed E-state index contributed by atoms with van der Waals surface area (Å²) in [6, 6.07) is 7.65. The third-order valence-electron chi connectivity index (χ3n) is 5.77. The van der Waals surface area contributed by atoms with E-state index in [1.54, 1.807) is 25.0 Å². The van der Waals surface area contributed by atoms with Crippen LogP contribution in [0, 0.1) is 11.5 Å². The van der Waals surface area contributed by atoms with E-state index < -0.39 is 31.6 Å². The van der Waals surface area contributed by atoms with Gasteiger partial charge in [-0.05, 0) is 42.9 Å². The zero-order valence-electron chi connectivity index (χ0n) is 21.5. The number of carbonyl (C=O) groups excluding carboxylic acids is 1. The second kappa shape index (κ2) is 15.5. The topological polar surface area (TPSA) is 196 Å². The fourth-order valence-electron chi connectivity index (χ4n) is 3.67. The van der Waals surface area contributed by atoms with Gasteiger partial charge in [0.1, 0.15) is 18.9 Å². The van der Waals surface area contributed by atoms with Gasteiger partial charge in [-0.1, -0.05) is 35.3 Å². The summed E-state index contributed by atoms with van der Waals surface area (Å²) in [5.41, 5.74) is 0.445. The molecule has 0 bridgehead atoms. The lowest BCUT2D eigenvalue weighted by Gasteiger charge is -2.23. The molecule has 0 saturated carbocycles. The van der Waals surface area contributed by atoms with Gasteiger partial charge in [0.25, 0.3) is 5.91 Å². The highest BCUT2D eigenvalue weighted by atomic mass is 35.5. The molecule has 0 aliphatic heterocycles. The molecule has 2 unspecified atom stereocenters. The number of aliphatic carboxylic acids is 1. The van der Waals surface area contributed by atoms with Crippen molar-refractivity contribution in [1.82, 2.24) is 15.5 Å². The average molecular weight is 614 g/mol. The van der Waals surface area contributed by atoms with Crippen LogP contribution in [-0.4, -0.2) is 94.9 Å². The van der Waals surface area contributed by atoms with E-state index in [4.69, 9.17) is 28.5 Å². The van der Waals surface area contributed by atoms with Crippen LogP contribution in [0.2, 0.25) is 10.0 Å². The van der Waals surface area contributed by atoms with Crippen molar-refractivity contribution < 1.29 is 34.6 Å². The normalized spacial score (nSPS) is 13.6. The van der Waals surface area contributed by atoms with Gasteiger partial charge in [-0.15, -0.1) is 0 Å². The predicted molar refractivity (Wildman–Crippen MR) is 152 cm³/mol. The van der Waals surface area contributed by atoms with Crippen LogP contribution >= 0.6 is 30.3 Å². The number of rotatable bonds is 13. The summed E-state index contributed by atoms with van der Waals surface area (Å²) >= 11 is 12.7. The average Bonchev–Trinajstić information content (AvgIpc) is 2.88. The van der Waals surface area contributed by atoms with E-state index in [0.717, 1.165) is 0 Å². The van der Waals surface area contributed by atoms with E-state index in [0.29, 0.717) is 17.3 Å². The summed E-state index contributed by atoms with van der Waals surface area (Å²) in [7, 11) is -2.83. The van der Waals surface area contributed by atoms with Crippen LogP contribution in [0.4, 0.5) is 0 Å². The molecule has 0 radical (unpaired) electrons. The number of carbonyl (C=O) groups is 2. The van der Waals surface area contributed by atoms with Crippen molar-refractivity contribution in [3.8, 4) is 11.9 Å². The number of phenols is 1. The molecule has 15 heteroatoms. The summed E-state index contributed by atoms with van der Waals surface area (Å²) < 4.78 is 13.2. The Morgan fingerprint density at radius 3 is 2.30 bits per heavy atom. The lowest BCUT2D eigenvalue weighted by Crippen LogP contribution is -2.46. The number of aliphatic hydroxyl groups excluding tert-OH is 2. The molecule has 0 aliphatic rings. The number of carboxylic acids is 1. The molecule has 2 atom stereocenters. The van der Waals surface area contributed by atoms with Gasteiger partial charge >= 0.3 is 5.97 Å². The second-order valence-corrected chi connectivity index (χ2v) is 12.7. The number of phenolic OH excluding ortho intramolecular Hbond substituents is 1. The molecule has 1 amide bonds. The van der Waals surface area contributed by atoms with Gasteiger partial charge in [0.15, 0.2) is 6.19 Å². The lowest BCUT2D eigenvalue weighted by molar-refractivity contribution is -0.138. The molecule has 40 heavy (non-hydrogen) atoms. The summed E-state index contributed by atoms with van der Waals surface area (Å²) in [6.45, 7) is 0.500. The molecule has 216 valence electrons. The molecule has 2 rings (SSSR count). The Morgan fingerprint density at radius 1 is 1.15 bits per heavy atom. The minimum Gasteiger partial charge on any atom is -0.508 e. The maximum Gasteiger partial charge on any atom is 0.328 e. The van der Waals surface area contributed by atoms with Crippen LogP contribution in [0.15, 0.2) is 41.4 Å². The standard InChI is InChI=1S/C25H30Cl2N5O7P/c1-40(39,18-4-2-3-17(35)13-18)10-5-16-11-19(26)22(20(27)12-16)23(36)31-21(24(37)38)14-29-25(30-15-28)32(6-8-33)7-9-34/h2-4,11-13,21,33-35H,5-10,14H2,1H3,(H,29,30)(H,31,36)(H,37,38). The molecule has 0 aliphatic carbocycles. The minimum absolute atomic E-state index is 0.0107. The van der Waals surface area contributed by atoms with E-state index >= 15 is 0 Å². The highest BCUT2D eigenvalue weighted by Gasteiger charge is 2.25. The molecular formula is C25H30Cl2N5O7P. The van der Waals surface area contributed by atoms with Crippen LogP contribution in [-0.2, 0) is 15.8 Å². The molecule has 0 aromatic heterocycles. The third kappa shape index (κ3) is 9.40. The smallest absolute Gasteiger partial charge is 0.328 e. The molecule has 0 fully saturated rings. The van der Waals surface area contributed by atoms with Crippen molar-refractivity contribution in [1.29, 1.82) is 5.26 Å². The quantitative estimate of drug-likeness (QED) is 0.0632. The third-order valence-corrected chi connectivity index (χ3v) is 8.81. The molecule has 0 saturated heterocycles. The van der Waals surface area contributed by atoms with Crippen molar-refractivity contribution in [2.24, 2.45) is 4.99 Å². The summed E-state index contributed by atoms with van der Waals surface area (Å²) in [5.74, 6) is -2.37. The number of guanidine groups is 1. The fraction of sp³-hybridized carbons (Fsp3) is 0.360. The Hall–Kier alpha value is -3.33. The largest absolute Gasteiger partial charge is 0.508 e. The Labute approximate surface area is 241 Å². The summed E-state index contributed by atoms with van der Waals surface area (Å²) in [6.07, 6.45) is 2.21. The number of aryl methyl sites for hydroxylation is 1. The maximum atomic E-state index is 13.2. The molecule has 12 nitrogen and oxygen atoms in total. The first-order valence-corrected chi connectivity index (χ1v) is 15.1. The van der Waals surface area contributed by atoms with Crippen LogP contribution in [0.5, 0.6) is 5.75 Å². The number of benzene rings is 2. The van der Waals surface area contributed by atoms with E-state index in [2.05, 4.69) is 15.6 Å². The van der Waals surface area contributed by atoms with Crippen LogP contribution in [0.25, 0.3) is 0 Å². The van der Waals surface area contributed by atoms with Crippen LogP contribution < -0.4 is 15.9 Å². The minimum atomic E-state index is -2.83. The first-order chi connectivity index (χ1) is 18.9.